The van der Waals surface area contributed by atoms with E-state index >= 15 is 0 Å². The molecule has 0 bridgehead atoms. The highest BCUT2D eigenvalue weighted by Gasteiger charge is 2.50. The lowest BCUT2D eigenvalue weighted by molar-refractivity contribution is 0.625. The average molecular weight is 937 g/mol. The first-order valence-corrected chi connectivity index (χ1v) is 25.8. The van der Waals surface area contributed by atoms with Crippen molar-refractivity contribution < 1.29 is 8.83 Å². The number of benzene rings is 10. The van der Waals surface area contributed by atoms with Crippen molar-refractivity contribution in [1.82, 2.24) is 0 Å². The molecule has 1 atom stereocenters. The maximum Gasteiger partial charge on any atom is 0.136 e. The first kappa shape index (κ1) is 42.2. The SMILES string of the molecule is C=C(/C=C\C=C/C)C1(C)c2cc3c(cc2-c2ccc4c(c21)C(C)(C)c1c-4ccc2cc(-c4ccc5c(c4)oc4ccccc45)ccc12)C(C)(C)c1cc2cc(-c4ccc5c(c4)oc4ccccc45)ccc2cc1-3. The summed E-state index contributed by atoms with van der Waals surface area (Å²) in [6, 6.07) is 63.4. The second-order valence-corrected chi connectivity index (χ2v) is 22.1. The zero-order valence-electron chi connectivity index (χ0n) is 42.0. The molecule has 0 fully saturated rings. The molecule has 0 radical (unpaired) electrons. The molecule has 0 saturated heterocycles. The highest BCUT2D eigenvalue weighted by Crippen LogP contribution is 2.64. The van der Waals surface area contributed by atoms with Crippen LogP contribution in [0.3, 0.4) is 0 Å². The molecule has 0 N–H and O–H groups in total. The van der Waals surface area contributed by atoms with Crippen LogP contribution in [0.5, 0.6) is 0 Å². The number of rotatable bonds is 5. The van der Waals surface area contributed by atoms with Gasteiger partial charge in [0.1, 0.15) is 22.3 Å². The first-order valence-electron chi connectivity index (χ1n) is 25.8. The number of fused-ring (bicyclic) bond motifs is 19. The highest BCUT2D eigenvalue weighted by molar-refractivity contribution is 6.08. The minimum Gasteiger partial charge on any atom is -0.456 e. The van der Waals surface area contributed by atoms with Gasteiger partial charge in [0, 0.05) is 37.8 Å². The summed E-state index contributed by atoms with van der Waals surface area (Å²) >= 11 is 0. The lowest BCUT2D eigenvalue weighted by Crippen LogP contribution is -2.28. The highest BCUT2D eigenvalue weighted by atomic mass is 16.3. The quantitative estimate of drug-likeness (QED) is 0.161. The summed E-state index contributed by atoms with van der Waals surface area (Å²) in [6.45, 7) is 19.2. The predicted octanol–water partition coefficient (Wildman–Crippen LogP) is 19.7. The third-order valence-corrected chi connectivity index (χ3v) is 17.5. The van der Waals surface area contributed by atoms with Gasteiger partial charge in [-0.25, -0.2) is 0 Å². The van der Waals surface area contributed by atoms with Gasteiger partial charge in [0.05, 0.1) is 0 Å². The Labute approximate surface area is 425 Å². The van der Waals surface area contributed by atoms with Gasteiger partial charge in [-0.1, -0.05) is 156 Å². The van der Waals surface area contributed by atoms with Crippen LogP contribution in [-0.2, 0) is 16.2 Å². The Bertz CT molecular complexity index is 4540. The molecule has 2 nitrogen and oxygen atoms in total. The molecule has 73 heavy (non-hydrogen) atoms. The van der Waals surface area contributed by atoms with E-state index in [1.54, 1.807) is 0 Å². The Morgan fingerprint density at radius 3 is 1.55 bits per heavy atom. The second kappa shape index (κ2) is 14.6. The van der Waals surface area contributed by atoms with E-state index in [1.165, 1.54) is 99.4 Å². The molecule has 2 heterocycles. The van der Waals surface area contributed by atoms with E-state index in [1.807, 2.05) is 24.3 Å². The van der Waals surface area contributed by atoms with Crippen molar-refractivity contribution in [3.8, 4) is 55.6 Å². The van der Waals surface area contributed by atoms with Gasteiger partial charge in [-0.05, 0) is 203 Å². The Morgan fingerprint density at radius 2 is 0.877 bits per heavy atom. The van der Waals surface area contributed by atoms with Crippen LogP contribution in [-0.4, -0.2) is 0 Å². The molecular formula is C71H52O2. The van der Waals surface area contributed by atoms with Crippen LogP contribution in [0.4, 0.5) is 0 Å². The normalized spacial score (nSPS) is 16.8. The van der Waals surface area contributed by atoms with Gasteiger partial charge >= 0.3 is 0 Å². The van der Waals surface area contributed by atoms with E-state index < -0.39 is 5.41 Å². The molecular weight excluding hydrogens is 885 g/mol. The van der Waals surface area contributed by atoms with Crippen molar-refractivity contribution in [2.45, 2.75) is 57.8 Å². The number of allylic oxidation sites excluding steroid dienone is 5. The number of furan rings is 2. The van der Waals surface area contributed by atoms with Gasteiger partial charge in [0.15, 0.2) is 0 Å². The van der Waals surface area contributed by atoms with Crippen LogP contribution in [0.15, 0.2) is 215 Å². The molecule has 10 aromatic carbocycles. The molecule has 12 aromatic rings. The molecule has 0 saturated carbocycles. The van der Waals surface area contributed by atoms with Crippen molar-refractivity contribution in [3.05, 3.63) is 240 Å². The van der Waals surface area contributed by atoms with E-state index in [0.29, 0.717) is 0 Å². The zero-order valence-corrected chi connectivity index (χ0v) is 42.0. The van der Waals surface area contributed by atoms with Crippen LogP contribution in [0.1, 0.15) is 74.9 Å². The van der Waals surface area contributed by atoms with Gasteiger partial charge in [0.25, 0.3) is 0 Å². The van der Waals surface area contributed by atoms with Gasteiger partial charge in [-0.2, -0.15) is 0 Å². The molecule has 0 amide bonds. The molecule has 348 valence electrons. The molecule has 3 aliphatic carbocycles. The van der Waals surface area contributed by atoms with E-state index in [-0.39, 0.29) is 10.8 Å². The maximum absolute atomic E-state index is 6.33. The van der Waals surface area contributed by atoms with Crippen LogP contribution >= 0.6 is 0 Å². The van der Waals surface area contributed by atoms with Gasteiger partial charge < -0.3 is 8.83 Å². The standard InChI is InChI=1S/C71H52O2/c1-8-9-10-15-40(2)71(7)61-39-58-56-34-43-21-20-41(44-23-27-51-49-16-11-13-18-62(49)72-64(51)36-44)33-47(43)35-59(56)69(3,4)60(58)38-57(61)55-31-30-54-53-29-25-46-32-42(22-26-48(46)66(53)70(5,6)67(54)68(55)71)45-24-28-52-50-17-12-14-19-63(50)73-65(52)37-45/h8-39H,2H2,1,3-7H3/b9-8-,15-10-. The molecule has 2 aromatic heterocycles. The smallest absolute Gasteiger partial charge is 0.136 e. The molecule has 0 aliphatic heterocycles. The summed E-state index contributed by atoms with van der Waals surface area (Å²) in [7, 11) is 0. The summed E-state index contributed by atoms with van der Waals surface area (Å²) in [5.74, 6) is 0. The average Bonchev–Trinajstić information content (AvgIpc) is 4.16. The van der Waals surface area contributed by atoms with Crippen molar-refractivity contribution in [2.75, 3.05) is 0 Å². The largest absolute Gasteiger partial charge is 0.456 e. The van der Waals surface area contributed by atoms with Crippen molar-refractivity contribution in [3.63, 3.8) is 0 Å². The van der Waals surface area contributed by atoms with E-state index in [2.05, 4.69) is 211 Å². The van der Waals surface area contributed by atoms with Crippen LogP contribution < -0.4 is 0 Å². The minimum atomic E-state index is -0.500. The second-order valence-electron chi connectivity index (χ2n) is 22.1. The fourth-order valence-electron chi connectivity index (χ4n) is 13.8. The minimum absolute atomic E-state index is 0.221. The maximum atomic E-state index is 6.33. The number of hydrogen-bond donors (Lipinski definition) is 0. The summed E-state index contributed by atoms with van der Waals surface area (Å²) in [6.07, 6.45) is 8.61. The fourth-order valence-corrected chi connectivity index (χ4v) is 13.8. The van der Waals surface area contributed by atoms with Crippen molar-refractivity contribution >= 4 is 65.4 Å². The fraction of sp³-hybridized carbons (Fsp3) is 0.127. The van der Waals surface area contributed by atoms with Gasteiger partial charge in [0.2, 0.25) is 0 Å². The molecule has 3 aliphatic rings. The zero-order chi connectivity index (χ0) is 49.3. The Hall–Kier alpha value is -8.46. The topological polar surface area (TPSA) is 26.3 Å². The van der Waals surface area contributed by atoms with Crippen molar-refractivity contribution in [2.24, 2.45) is 0 Å². The van der Waals surface area contributed by atoms with Gasteiger partial charge in [-0.15, -0.1) is 0 Å². The summed E-state index contributed by atoms with van der Waals surface area (Å²) < 4.78 is 12.6. The van der Waals surface area contributed by atoms with E-state index in [0.717, 1.165) is 60.6 Å². The molecule has 1 unspecified atom stereocenters. The number of hydrogen-bond acceptors (Lipinski definition) is 2. The Morgan fingerprint density at radius 1 is 0.384 bits per heavy atom. The van der Waals surface area contributed by atoms with Crippen LogP contribution in [0, 0.1) is 0 Å². The van der Waals surface area contributed by atoms with Crippen molar-refractivity contribution in [1.29, 1.82) is 0 Å². The molecule has 2 heteroatoms. The van der Waals surface area contributed by atoms with E-state index in [9.17, 15) is 0 Å². The first-order chi connectivity index (χ1) is 35.4. The lowest BCUT2D eigenvalue weighted by Gasteiger charge is -2.34. The predicted molar refractivity (Wildman–Crippen MR) is 307 cm³/mol. The van der Waals surface area contributed by atoms with Gasteiger partial charge in [-0.3, -0.25) is 0 Å². The third kappa shape index (κ3) is 5.64. The third-order valence-electron chi connectivity index (χ3n) is 17.5. The van der Waals surface area contributed by atoms with Crippen LogP contribution in [0.25, 0.3) is 121 Å². The molecule has 15 rings (SSSR count). The lowest BCUT2D eigenvalue weighted by atomic mass is 9.68. The monoisotopic (exact) mass is 936 g/mol. The van der Waals surface area contributed by atoms with E-state index in [4.69, 9.17) is 15.4 Å². The number of para-hydroxylation sites is 2. The summed E-state index contributed by atoms with van der Waals surface area (Å²) in [5, 5.41) is 9.64. The Balaban J connectivity index is 0.851. The Kier molecular flexibility index (Phi) is 8.44. The molecule has 0 spiro atoms. The van der Waals surface area contributed by atoms with Crippen LogP contribution in [0.2, 0.25) is 0 Å². The summed E-state index contributed by atoms with van der Waals surface area (Å²) in [5.41, 5.74) is 24.6. The summed E-state index contributed by atoms with van der Waals surface area (Å²) in [4.78, 5) is 0.